The fourth-order valence-corrected chi connectivity index (χ4v) is 3.62. The molecule has 0 saturated carbocycles. The molecule has 1 aliphatic rings. The van der Waals surface area contributed by atoms with Crippen LogP contribution in [0.25, 0.3) is 0 Å². The zero-order chi connectivity index (χ0) is 13.7. The van der Waals surface area contributed by atoms with Crippen molar-refractivity contribution in [3.8, 4) is 0 Å². The predicted molar refractivity (Wildman–Crippen MR) is 81.9 cm³/mol. The Morgan fingerprint density at radius 3 is 2.84 bits per heavy atom. The molecule has 0 aromatic heterocycles. The van der Waals surface area contributed by atoms with Gasteiger partial charge in [0.15, 0.2) is 0 Å². The maximum atomic E-state index is 11.3. The molecule has 2 rings (SSSR count). The van der Waals surface area contributed by atoms with Gasteiger partial charge in [0.05, 0.1) is 0 Å². The minimum atomic E-state index is -0.709. The molecule has 1 fully saturated rings. The van der Waals surface area contributed by atoms with E-state index in [1.165, 1.54) is 5.56 Å². The Morgan fingerprint density at radius 2 is 2.16 bits per heavy atom. The van der Waals surface area contributed by atoms with Crippen LogP contribution in [0.4, 0.5) is 0 Å². The molecule has 1 saturated heterocycles. The lowest BCUT2D eigenvalue weighted by atomic mass is 10.0. The van der Waals surface area contributed by atoms with Gasteiger partial charge in [-0.15, -0.1) is 0 Å². The zero-order valence-corrected chi connectivity index (χ0v) is 12.7. The minimum Gasteiger partial charge on any atom is -0.311 e. The smallest absolute Gasteiger partial charge is 0.0385 e. The van der Waals surface area contributed by atoms with Gasteiger partial charge in [0.2, 0.25) is 0 Å². The highest BCUT2D eigenvalue weighted by Gasteiger charge is 2.23. The molecule has 0 aliphatic carbocycles. The number of nitrogens with one attached hydrogen (secondary N) is 1. The summed E-state index contributed by atoms with van der Waals surface area (Å²) in [6, 6.07) is 11.5. The molecule has 1 aromatic carbocycles. The molecule has 3 atom stereocenters. The number of hydrogen-bond donors (Lipinski definition) is 1. The molecule has 106 valence electrons. The lowest BCUT2D eigenvalue weighted by molar-refractivity contribution is 0.163. The molecule has 3 nitrogen and oxygen atoms in total. The van der Waals surface area contributed by atoms with Gasteiger partial charge < -0.3 is 5.32 Å². The molecular formula is C15H24N2OS. The van der Waals surface area contributed by atoms with Crippen molar-refractivity contribution >= 4 is 10.8 Å². The summed E-state index contributed by atoms with van der Waals surface area (Å²) in [5.74, 6) is 0.776. The second-order valence-electron chi connectivity index (χ2n) is 5.42. The van der Waals surface area contributed by atoms with Crippen molar-refractivity contribution in [1.82, 2.24) is 10.2 Å². The summed E-state index contributed by atoms with van der Waals surface area (Å²) in [5.41, 5.74) is 1.38. The second-order valence-corrected chi connectivity index (χ2v) is 6.90. The van der Waals surface area contributed by atoms with Crippen LogP contribution in [0, 0.1) is 0 Å². The summed E-state index contributed by atoms with van der Waals surface area (Å²) >= 11 is 0. The van der Waals surface area contributed by atoms with Crippen LogP contribution in [-0.4, -0.2) is 52.8 Å². The van der Waals surface area contributed by atoms with Crippen molar-refractivity contribution < 1.29 is 4.21 Å². The molecule has 0 amide bonds. The Labute approximate surface area is 118 Å². The first-order chi connectivity index (χ1) is 9.15. The molecule has 0 radical (unpaired) electrons. The molecule has 1 aliphatic heterocycles. The van der Waals surface area contributed by atoms with E-state index in [1.54, 1.807) is 6.26 Å². The maximum Gasteiger partial charge on any atom is 0.0385 e. The summed E-state index contributed by atoms with van der Waals surface area (Å²) < 4.78 is 11.3. The Kier molecular flexibility index (Phi) is 5.55. The fraction of sp³-hybridized carbons (Fsp3) is 0.600. The number of hydrogen-bond acceptors (Lipinski definition) is 3. The van der Waals surface area contributed by atoms with Gasteiger partial charge >= 0.3 is 0 Å². The van der Waals surface area contributed by atoms with Crippen molar-refractivity contribution in [2.75, 3.05) is 31.6 Å². The third-order valence-electron chi connectivity index (χ3n) is 3.71. The Balaban J connectivity index is 1.88. The fourth-order valence-electron chi connectivity index (χ4n) is 2.73. The van der Waals surface area contributed by atoms with E-state index in [0.717, 1.165) is 31.8 Å². The van der Waals surface area contributed by atoms with Gasteiger partial charge in [0, 0.05) is 54.5 Å². The van der Waals surface area contributed by atoms with Crippen LogP contribution >= 0.6 is 0 Å². The molecule has 1 aromatic rings. The van der Waals surface area contributed by atoms with Gasteiger partial charge in [-0.05, 0) is 18.9 Å². The number of benzene rings is 1. The van der Waals surface area contributed by atoms with Crippen LogP contribution in [-0.2, 0) is 17.2 Å². The number of nitrogens with zero attached hydrogens (tertiary/aromatic N) is 1. The Morgan fingerprint density at radius 1 is 1.42 bits per heavy atom. The van der Waals surface area contributed by atoms with E-state index in [4.69, 9.17) is 0 Å². The highest BCUT2D eigenvalue weighted by molar-refractivity contribution is 7.84. The third kappa shape index (κ3) is 4.71. The minimum absolute atomic E-state index is 0.409. The van der Waals surface area contributed by atoms with Gasteiger partial charge in [-0.3, -0.25) is 9.11 Å². The summed E-state index contributed by atoms with van der Waals surface area (Å²) in [6.07, 6.45) is 2.86. The first-order valence-electron chi connectivity index (χ1n) is 6.96. The molecule has 4 heteroatoms. The summed E-state index contributed by atoms with van der Waals surface area (Å²) in [7, 11) is -0.709. The lowest BCUT2D eigenvalue weighted by Gasteiger charge is -2.37. The average molecular weight is 280 g/mol. The van der Waals surface area contributed by atoms with E-state index in [-0.39, 0.29) is 0 Å². The summed E-state index contributed by atoms with van der Waals surface area (Å²) in [4.78, 5) is 2.46. The summed E-state index contributed by atoms with van der Waals surface area (Å²) in [6.45, 7) is 5.32. The van der Waals surface area contributed by atoms with Crippen molar-refractivity contribution in [3.05, 3.63) is 35.9 Å². The van der Waals surface area contributed by atoms with Gasteiger partial charge in [-0.2, -0.15) is 0 Å². The van der Waals surface area contributed by atoms with Crippen LogP contribution < -0.4 is 5.32 Å². The quantitative estimate of drug-likeness (QED) is 0.881. The molecule has 3 unspecified atom stereocenters. The van der Waals surface area contributed by atoms with E-state index >= 15 is 0 Å². The molecule has 1 heterocycles. The van der Waals surface area contributed by atoms with E-state index in [0.29, 0.717) is 12.1 Å². The molecule has 1 N–H and O–H groups in total. The normalized spacial score (nSPS) is 24.0. The van der Waals surface area contributed by atoms with E-state index in [1.807, 2.05) is 0 Å². The largest absolute Gasteiger partial charge is 0.311 e. The average Bonchev–Trinajstić information content (AvgIpc) is 2.39. The van der Waals surface area contributed by atoms with Crippen LogP contribution in [0.3, 0.4) is 0 Å². The standard InChI is InChI=1S/C15H24N2OS/c1-13(12-19(2)18)17-9-8-16-15(11-17)10-14-6-4-3-5-7-14/h3-7,13,15-16H,8-12H2,1-2H3. The Bertz CT molecular complexity index is 410. The Hall–Kier alpha value is -0.710. The summed E-state index contributed by atoms with van der Waals surface area (Å²) in [5, 5.41) is 3.59. The molecule has 0 spiro atoms. The number of piperazine rings is 1. The van der Waals surface area contributed by atoms with E-state index in [9.17, 15) is 4.21 Å². The third-order valence-corrected chi connectivity index (χ3v) is 4.66. The highest BCUT2D eigenvalue weighted by Crippen LogP contribution is 2.10. The van der Waals surface area contributed by atoms with Crippen LogP contribution in [0.5, 0.6) is 0 Å². The second kappa shape index (κ2) is 7.17. The van der Waals surface area contributed by atoms with Gasteiger partial charge in [-0.1, -0.05) is 30.3 Å². The maximum absolute atomic E-state index is 11.3. The topological polar surface area (TPSA) is 32.3 Å². The van der Waals surface area contributed by atoms with Crippen molar-refractivity contribution in [3.63, 3.8) is 0 Å². The van der Waals surface area contributed by atoms with E-state index in [2.05, 4.69) is 47.5 Å². The van der Waals surface area contributed by atoms with Gasteiger partial charge in [-0.25, -0.2) is 0 Å². The first-order valence-corrected chi connectivity index (χ1v) is 8.69. The first kappa shape index (κ1) is 14.7. The molecule has 0 bridgehead atoms. The SMILES string of the molecule is CC(CS(C)=O)N1CCNC(Cc2ccccc2)C1. The highest BCUT2D eigenvalue weighted by atomic mass is 32.2. The molecule has 19 heavy (non-hydrogen) atoms. The zero-order valence-electron chi connectivity index (χ0n) is 11.8. The van der Waals surface area contributed by atoms with Crippen molar-refractivity contribution in [2.24, 2.45) is 0 Å². The van der Waals surface area contributed by atoms with Gasteiger partial charge in [0.25, 0.3) is 0 Å². The lowest BCUT2D eigenvalue weighted by Crippen LogP contribution is -2.55. The van der Waals surface area contributed by atoms with Crippen molar-refractivity contribution in [1.29, 1.82) is 0 Å². The van der Waals surface area contributed by atoms with Crippen molar-refractivity contribution in [2.45, 2.75) is 25.4 Å². The molecular weight excluding hydrogens is 256 g/mol. The number of rotatable bonds is 5. The van der Waals surface area contributed by atoms with Crippen LogP contribution in [0.2, 0.25) is 0 Å². The van der Waals surface area contributed by atoms with Crippen LogP contribution in [0.15, 0.2) is 30.3 Å². The van der Waals surface area contributed by atoms with Crippen LogP contribution in [0.1, 0.15) is 12.5 Å². The van der Waals surface area contributed by atoms with E-state index < -0.39 is 10.8 Å². The van der Waals surface area contributed by atoms with Gasteiger partial charge in [0.1, 0.15) is 0 Å². The monoisotopic (exact) mass is 280 g/mol. The predicted octanol–water partition coefficient (Wildman–Crippen LogP) is 1.27.